The van der Waals surface area contributed by atoms with Crippen LogP contribution in [0, 0.1) is 0 Å². The molecule has 1 aliphatic heterocycles. The van der Waals surface area contributed by atoms with Crippen LogP contribution < -0.4 is 16.2 Å². The molecule has 1 aliphatic rings. The summed E-state index contributed by atoms with van der Waals surface area (Å²) >= 11 is 0. The maximum absolute atomic E-state index is 13.1. The highest BCUT2D eigenvalue weighted by atomic mass is 16.2. The molecule has 8 heteroatoms. The highest BCUT2D eigenvalue weighted by Gasteiger charge is 2.30. The summed E-state index contributed by atoms with van der Waals surface area (Å²) in [6.07, 6.45) is 7.12. The summed E-state index contributed by atoms with van der Waals surface area (Å²) in [6, 6.07) is 15.1. The van der Waals surface area contributed by atoms with Gasteiger partial charge in [0.25, 0.3) is 5.56 Å². The molecule has 4 aromatic rings. The minimum Gasteiger partial charge on any atom is -0.365 e. The number of nitrogens with one attached hydrogen (secondary N) is 2. The summed E-state index contributed by atoms with van der Waals surface area (Å²) in [5, 5.41) is 8.18. The van der Waals surface area contributed by atoms with Crippen molar-refractivity contribution in [1.82, 2.24) is 24.8 Å². The quantitative estimate of drug-likeness (QED) is 0.458. The van der Waals surface area contributed by atoms with Crippen molar-refractivity contribution in [3.05, 3.63) is 94.6 Å². The monoisotopic (exact) mass is 440 g/mol. The van der Waals surface area contributed by atoms with Gasteiger partial charge in [-0.05, 0) is 36.4 Å². The molecule has 8 nitrogen and oxygen atoms in total. The van der Waals surface area contributed by atoms with Crippen LogP contribution in [0.2, 0.25) is 0 Å². The standard InChI is InChI=1S/C25H24N6O2/c32-24(30-15-20-13-17-5-1-2-6-18(17)14-28-20)22-9-8-21-16-29-23(25(33)31(21)22)27-12-10-19-7-3-4-11-26-19/h1-7,11,13-14,16,22H,8-10,12,15H2,(H,27,29)(H,30,32)/t22-/m0/s1. The van der Waals surface area contributed by atoms with Gasteiger partial charge in [-0.3, -0.25) is 24.1 Å². The number of carbonyl (C=O) groups excluding carboxylic acids is 1. The number of aryl methyl sites for hydroxylation is 1. The van der Waals surface area contributed by atoms with E-state index in [2.05, 4.69) is 25.6 Å². The third-order valence-corrected chi connectivity index (χ3v) is 5.89. The van der Waals surface area contributed by atoms with Crippen molar-refractivity contribution in [2.75, 3.05) is 11.9 Å². The van der Waals surface area contributed by atoms with E-state index >= 15 is 0 Å². The minimum atomic E-state index is -0.549. The molecule has 0 saturated carbocycles. The third kappa shape index (κ3) is 4.45. The molecule has 1 atom stereocenters. The van der Waals surface area contributed by atoms with Crippen molar-refractivity contribution in [3.63, 3.8) is 0 Å². The fourth-order valence-electron chi connectivity index (χ4n) is 4.19. The van der Waals surface area contributed by atoms with Gasteiger partial charge < -0.3 is 10.6 Å². The summed E-state index contributed by atoms with van der Waals surface area (Å²) < 4.78 is 1.57. The number of carbonyl (C=O) groups is 1. The Balaban J connectivity index is 1.26. The van der Waals surface area contributed by atoms with Gasteiger partial charge in [-0.2, -0.15) is 0 Å². The van der Waals surface area contributed by atoms with Crippen LogP contribution in [-0.2, 0) is 24.2 Å². The Kier molecular flexibility index (Phi) is 5.80. The zero-order chi connectivity index (χ0) is 22.6. The first-order valence-corrected chi connectivity index (χ1v) is 11.0. The van der Waals surface area contributed by atoms with Gasteiger partial charge in [-0.25, -0.2) is 4.98 Å². The first-order valence-electron chi connectivity index (χ1n) is 11.0. The molecule has 0 bridgehead atoms. The summed E-state index contributed by atoms with van der Waals surface area (Å²) in [4.78, 5) is 39.0. The predicted molar refractivity (Wildman–Crippen MR) is 126 cm³/mol. The van der Waals surface area contributed by atoms with E-state index < -0.39 is 6.04 Å². The molecule has 166 valence electrons. The molecule has 33 heavy (non-hydrogen) atoms. The number of amides is 1. The van der Waals surface area contributed by atoms with Crippen molar-refractivity contribution in [2.24, 2.45) is 0 Å². The van der Waals surface area contributed by atoms with Crippen LogP contribution in [0.25, 0.3) is 10.8 Å². The van der Waals surface area contributed by atoms with Crippen LogP contribution in [0.1, 0.15) is 29.5 Å². The second kappa shape index (κ2) is 9.20. The third-order valence-electron chi connectivity index (χ3n) is 5.89. The van der Waals surface area contributed by atoms with E-state index in [9.17, 15) is 9.59 Å². The lowest BCUT2D eigenvalue weighted by atomic mass is 10.1. The molecule has 1 amide bonds. The van der Waals surface area contributed by atoms with Gasteiger partial charge in [0, 0.05) is 48.3 Å². The van der Waals surface area contributed by atoms with Crippen LogP contribution in [0.15, 0.2) is 71.9 Å². The van der Waals surface area contributed by atoms with Gasteiger partial charge in [0.05, 0.1) is 12.2 Å². The molecule has 0 spiro atoms. The Morgan fingerprint density at radius 3 is 2.70 bits per heavy atom. The number of fused-ring (bicyclic) bond motifs is 2. The van der Waals surface area contributed by atoms with Crippen molar-refractivity contribution < 1.29 is 4.79 Å². The summed E-state index contributed by atoms with van der Waals surface area (Å²) in [7, 11) is 0. The Bertz CT molecular complexity index is 1350. The first-order chi connectivity index (χ1) is 16.2. The maximum Gasteiger partial charge on any atom is 0.294 e. The predicted octanol–water partition coefficient (Wildman–Crippen LogP) is 2.64. The number of pyridine rings is 2. The summed E-state index contributed by atoms with van der Waals surface area (Å²) in [6.45, 7) is 0.841. The van der Waals surface area contributed by atoms with Crippen molar-refractivity contribution in [2.45, 2.75) is 31.8 Å². The Hall–Kier alpha value is -4.07. The van der Waals surface area contributed by atoms with Crippen LogP contribution in [-0.4, -0.2) is 32.0 Å². The number of anilines is 1. The van der Waals surface area contributed by atoms with Crippen molar-refractivity contribution >= 4 is 22.5 Å². The number of rotatable bonds is 7. The lowest BCUT2D eigenvalue weighted by molar-refractivity contribution is -0.124. The highest BCUT2D eigenvalue weighted by molar-refractivity contribution is 5.83. The van der Waals surface area contributed by atoms with Gasteiger partial charge in [0.1, 0.15) is 6.04 Å². The summed E-state index contributed by atoms with van der Waals surface area (Å²) in [5.41, 5.74) is 2.22. The average molecular weight is 441 g/mol. The Labute approximate surface area is 190 Å². The van der Waals surface area contributed by atoms with Crippen molar-refractivity contribution in [1.29, 1.82) is 0 Å². The molecular formula is C25H24N6O2. The number of hydrogen-bond donors (Lipinski definition) is 2. The van der Waals surface area contributed by atoms with Crippen LogP contribution in [0.3, 0.4) is 0 Å². The topological polar surface area (TPSA) is 102 Å². The van der Waals surface area contributed by atoms with Crippen LogP contribution >= 0.6 is 0 Å². The Morgan fingerprint density at radius 1 is 1.00 bits per heavy atom. The molecule has 0 aliphatic carbocycles. The highest BCUT2D eigenvalue weighted by Crippen LogP contribution is 2.24. The number of nitrogens with zero attached hydrogens (tertiary/aromatic N) is 4. The molecule has 1 aromatic carbocycles. The molecule has 2 N–H and O–H groups in total. The van der Waals surface area contributed by atoms with E-state index in [-0.39, 0.29) is 17.3 Å². The second-order valence-corrected chi connectivity index (χ2v) is 8.07. The average Bonchev–Trinajstić information content (AvgIpc) is 3.30. The molecule has 0 saturated heterocycles. The van der Waals surface area contributed by atoms with E-state index in [4.69, 9.17) is 0 Å². The van der Waals surface area contributed by atoms with E-state index in [0.29, 0.717) is 32.4 Å². The number of aromatic nitrogens is 4. The summed E-state index contributed by atoms with van der Waals surface area (Å²) in [5.74, 6) is 0.0713. The van der Waals surface area contributed by atoms with Gasteiger partial charge in [-0.15, -0.1) is 0 Å². The number of hydrogen-bond acceptors (Lipinski definition) is 6. The molecule has 0 unspecified atom stereocenters. The van der Waals surface area contributed by atoms with Gasteiger partial charge in [-0.1, -0.05) is 30.3 Å². The number of benzene rings is 1. The zero-order valence-electron chi connectivity index (χ0n) is 18.1. The van der Waals surface area contributed by atoms with E-state index in [0.717, 1.165) is 27.9 Å². The normalized spacial score (nSPS) is 14.7. The maximum atomic E-state index is 13.1. The molecule has 0 radical (unpaired) electrons. The smallest absolute Gasteiger partial charge is 0.294 e. The van der Waals surface area contributed by atoms with Gasteiger partial charge in [0.15, 0.2) is 5.82 Å². The minimum absolute atomic E-state index is 0.184. The zero-order valence-corrected chi connectivity index (χ0v) is 18.1. The van der Waals surface area contributed by atoms with Gasteiger partial charge >= 0.3 is 0 Å². The molecular weight excluding hydrogens is 416 g/mol. The molecule has 0 fully saturated rings. The second-order valence-electron chi connectivity index (χ2n) is 8.07. The SMILES string of the molecule is O=C(NCc1cc2ccccc2cn1)[C@@H]1CCc2cnc(NCCc3ccccn3)c(=O)n21. The largest absolute Gasteiger partial charge is 0.365 e. The first kappa shape index (κ1) is 20.8. The fourth-order valence-corrected chi connectivity index (χ4v) is 4.19. The Morgan fingerprint density at radius 2 is 1.85 bits per heavy atom. The fraction of sp³-hybridized carbons (Fsp3) is 0.240. The molecule has 4 heterocycles. The lowest BCUT2D eigenvalue weighted by Crippen LogP contribution is -2.36. The van der Waals surface area contributed by atoms with Crippen LogP contribution in [0.5, 0.6) is 0 Å². The lowest BCUT2D eigenvalue weighted by Gasteiger charge is -2.16. The van der Waals surface area contributed by atoms with E-state index in [1.165, 1.54) is 0 Å². The van der Waals surface area contributed by atoms with Crippen LogP contribution in [0.4, 0.5) is 5.82 Å². The molecule has 3 aromatic heterocycles. The van der Waals surface area contributed by atoms with Crippen molar-refractivity contribution in [3.8, 4) is 0 Å². The van der Waals surface area contributed by atoms with E-state index in [1.54, 1.807) is 23.2 Å². The van der Waals surface area contributed by atoms with E-state index in [1.807, 2.05) is 48.5 Å². The molecule has 5 rings (SSSR count). The van der Waals surface area contributed by atoms with Gasteiger partial charge in [0.2, 0.25) is 5.91 Å².